The Bertz CT molecular complexity index is 582. The summed E-state index contributed by atoms with van der Waals surface area (Å²) in [5.74, 6) is 1.93. The minimum Gasteiger partial charge on any atom is -0.490 e. The van der Waals surface area contributed by atoms with Crippen molar-refractivity contribution < 1.29 is 9.47 Å². The van der Waals surface area contributed by atoms with Gasteiger partial charge in [0, 0.05) is 6.04 Å². The molecule has 1 aromatic carbocycles. The van der Waals surface area contributed by atoms with Crippen LogP contribution in [0.1, 0.15) is 25.2 Å². The maximum absolute atomic E-state index is 5.89. The van der Waals surface area contributed by atoms with Crippen LogP contribution in [-0.2, 0) is 20.1 Å². The summed E-state index contributed by atoms with van der Waals surface area (Å²) in [7, 11) is 1.71. The van der Waals surface area contributed by atoms with Crippen LogP contribution in [0, 0.1) is 0 Å². The lowest BCUT2D eigenvalue weighted by Gasteiger charge is -2.16. The van der Waals surface area contributed by atoms with Crippen molar-refractivity contribution in [3.8, 4) is 11.5 Å². The molecule has 7 nitrogen and oxygen atoms in total. The maximum Gasteiger partial charge on any atom is 0.212 e. The molecule has 2 aromatic rings. The largest absolute Gasteiger partial charge is 0.490 e. The monoisotopic (exact) mass is 291 g/mol. The van der Waals surface area contributed by atoms with Crippen molar-refractivity contribution in [1.29, 1.82) is 0 Å². The van der Waals surface area contributed by atoms with E-state index in [1.165, 1.54) is 4.80 Å². The third-order valence-corrected chi connectivity index (χ3v) is 2.80. The van der Waals surface area contributed by atoms with Gasteiger partial charge in [-0.2, -0.15) is 4.80 Å². The zero-order valence-corrected chi connectivity index (χ0v) is 12.6. The van der Waals surface area contributed by atoms with Crippen LogP contribution >= 0.6 is 0 Å². The number of para-hydroxylation sites is 1. The second kappa shape index (κ2) is 7.03. The van der Waals surface area contributed by atoms with Gasteiger partial charge >= 0.3 is 0 Å². The Balaban J connectivity index is 2.20. The van der Waals surface area contributed by atoms with Gasteiger partial charge in [-0.05, 0) is 37.1 Å². The number of nitrogens with zero attached hydrogens (tertiary/aromatic N) is 4. The molecule has 0 amide bonds. The molecule has 1 aromatic heterocycles. The van der Waals surface area contributed by atoms with Gasteiger partial charge < -0.3 is 15.2 Å². The predicted molar refractivity (Wildman–Crippen MR) is 78.1 cm³/mol. The lowest BCUT2D eigenvalue weighted by atomic mass is 10.1. The molecule has 0 aliphatic heterocycles. The molecule has 1 heterocycles. The fourth-order valence-electron chi connectivity index (χ4n) is 2.02. The molecule has 21 heavy (non-hydrogen) atoms. The van der Waals surface area contributed by atoms with Crippen molar-refractivity contribution in [2.45, 2.75) is 32.9 Å². The number of tetrazole rings is 1. The fourth-order valence-corrected chi connectivity index (χ4v) is 2.02. The number of aromatic nitrogens is 4. The van der Waals surface area contributed by atoms with Gasteiger partial charge in [-0.1, -0.05) is 12.1 Å². The Morgan fingerprint density at radius 3 is 2.76 bits per heavy atom. The first-order valence-electron chi connectivity index (χ1n) is 6.96. The normalized spacial score (nSPS) is 12.2. The number of benzene rings is 1. The molecule has 1 unspecified atom stereocenters. The number of hydrogen-bond acceptors (Lipinski definition) is 6. The molecule has 0 radical (unpaired) electrons. The highest BCUT2D eigenvalue weighted by atomic mass is 16.5. The summed E-state index contributed by atoms with van der Waals surface area (Å²) in [5, 5.41) is 11.8. The molecule has 2 rings (SSSR count). The summed E-state index contributed by atoms with van der Waals surface area (Å²) in [5.41, 5.74) is 6.91. The van der Waals surface area contributed by atoms with Crippen LogP contribution < -0.4 is 15.2 Å². The third-order valence-electron chi connectivity index (χ3n) is 2.80. The molecule has 2 N–H and O–H groups in total. The molecule has 0 aliphatic carbocycles. The van der Waals surface area contributed by atoms with Crippen LogP contribution in [0.2, 0.25) is 0 Å². The van der Waals surface area contributed by atoms with Crippen molar-refractivity contribution in [2.75, 3.05) is 6.61 Å². The van der Waals surface area contributed by atoms with Crippen molar-refractivity contribution in [2.24, 2.45) is 12.8 Å². The van der Waals surface area contributed by atoms with Crippen molar-refractivity contribution in [3.63, 3.8) is 0 Å². The van der Waals surface area contributed by atoms with Crippen LogP contribution in [-0.4, -0.2) is 32.9 Å². The van der Waals surface area contributed by atoms with E-state index < -0.39 is 0 Å². The average molecular weight is 291 g/mol. The van der Waals surface area contributed by atoms with Crippen LogP contribution in [0.3, 0.4) is 0 Å². The molecule has 0 saturated heterocycles. The first-order chi connectivity index (χ1) is 10.1. The molecule has 0 fully saturated rings. The standard InChI is InChI=1S/C14H21N5O2/c1-4-20-12-7-5-6-11(8-10(2)15)14(12)21-9-13-16-18-19(3)17-13/h5-7,10H,4,8-9,15H2,1-3H3. The lowest BCUT2D eigenvalue weighted by Crippen LogP contribution is -2.18. The zero-order valence-electron chi connectivity index (χ0n) is 12.6. The average Bonchev–Trinajstić information content (AvgIpc) is 2.83. The summed E-state index contributed by atoms with van der Waals surface area (Å²) in [6.07, 6.45) is 0.712. The minimum atomic E-state index is 0.0406. The van der Waals surface area contributed by atoms with E-state index >= 15 is 0 Å². The third kappa shape index (κ3) is 4.16. The maximum atomic E-state index is 5.89. The molecule has 7 heteroatoms. The van der Waals surface area contributed by atoms with Crippen LogP contribution in [0.5, 0.6) is 11.5 Å². The van der Waals surface area contributed by atoms with Crippen LogP contribution in [0.4, 0.5) is 0 Å². The summed E-state index contributed by atoms with van der Waals surface area (Å²) in [4.78, 5) is 1.40. The SMILES string of the molecule is CCOc1cccc(CC(C)N)c1OCc1nnn(C)n1. The summed E-state index contributed by atoms with van der Waals surface area (Å²) >= 11 is 0. The van der Waals surface area contributed by atoms with Gasteiger partial charge in [0.05, 0.1) is 13.7 Å². The molecule has 114 valence electrons. The van der Waals surface area contributed by atoms with Gasteiger partial charge in [0.25, 0.3) is 0 Å². The molecule has 0 aliphatic rings. The fraction of sp³-hybridized carbons (Fsp3) is 0.500. The van der Waals surface area contributed by atoms with Gasteiger partial charge in [0.2, 0.25) is 5.82 Å². The number of ether oxygens (including phenoxy) is 2. The molecular weight excluding hydrogens is 270 g/mol. The highest BCUT2D eigenvalue weighted by Gasteiger charge is 2.13. The Kier molecular flexibility index (Phi) is 5.10. The molecular formula is C14H21N5O2. The van der Waals surface area contributed by atoms with Crippen molar-refractivity contribution in [3.05, 3.63) is 29.6 Å². The second-order valence-electron chi connectivity index (χ2n) is 4.84. The van der Waals surface area contributed by atoms with Gasteiger partial charge in [-0.25, -0.2) is 0 Å². The molecule has 0 saturated carbocycles. The summed E-state index contributed by atoms with van der Waals surface area (Å²) < 4.78 is 11.5. The first-order valence-corrected chi connectivity index (χ1v) is 6.96. The van der Waals surface area contributed by atoms with E-state index in [2.05, 4.69) is 15.4 Å². The Hall–Kier alpha value is -2.15. The smallest absolute Gasteiger partial charge is 0.212 e. The molecule has 1 atom stereocenters. The summed E-state index contributed by atoms with van der Waals surface area (Å²) in [6.45, 7) is 4.71. The number of nitrogens with two attached hydrogens (primary N) is 1. The van der Waals surface area contributed by atoms with Crippen molar-refractivity contribution in [1.82, 2.24) is 20.2 Å². The van der Waals surface area contributed by atoms with E-state index in [9.17, 15) is 0 Å². The topological polar surface area (TPSA) is 88.1 Å². The Morgan fingerprint density at radius 1 is 1.33 bits per heavy atom. The Morgan fingerprint density at radius 2 is 2.14 bits per heavy atom. The quantitative estimate of drug-likeness (QED) is 0.821. The predicted octanol–water partition coefficient (Wildman–Crippen LogP) is 1.08. The highest BCUT2D eigenvalue weighted by Crippen LogP contribution is 2.32. The lowest BCUT2D eigenvalue weighted by molar-refractivity contribution is 0.260. The number of aryl methyl sites for hydroxylation is 1. The number of hydrogen-bond donors (Lipinski definition) is 1. The Labute approximate surface area is 124 Å². The van der Waals surface area contributed by atoms with E-state index in [1.54, 1.807) is 7.05 Å². The van der Waals surface area contributed by atoms with E-state index in [0.717, 1.165) is 5.56 Å². The van der Waals surface area contributed by atoms with Gasteiger partial charge in [0.15, 0.2) is 18.1 Å². The number of rotatable bonds is 7. The first kappa shape index (κ1) is 15.2. The van der Waals surface area contributed by atoms with Crippen molar-refractivity contribution >= 4 is 0 Å². The minimum absolute atomic E-state index is 0.0406. The zero-order chi connectivity index (χ0) is 15.2. The van der Waals surface area contributed by atoms with E-state index in [1.807, 2.05) is 32.0 Å². The van der Waals surface area contributed by atoms with Gasteiger partial charge in [-0.15, -0.1) is 10.2 Å². The van der Waals surface area contributed by atoms with E-state index in [-0.39, 0.29) is 12.6 Å². The molecule has 0 bridgehead atoms. The van der Waals surface area contributed by atoms with E-state index in [4.69, 9.17) is 15.2 Å². The summed E-state index contributed by atoms with van der Waals surface area (Å²) in [6, 6.07) is 5.86. The molecule has 0 spiro atoms. The van der Waals surface area contributed by atoms with Gasteiger partial charge in [0.1, 0.15) is 0 Å². The van der Waals surface area contributed by atoms with Gasteiger partial charge in [-0.3, -0.25) is 0 Å². The van der Waals surface area contributed by atoms with Crippen LogP contribution in [0.25, 0.3) is 0 Å². The second-order valence-corrected chi connectivity index (χ2v) is 4.84. The van der Waals surface area contributed by atoms with Crippen LogP contribution in [0.15, 0.2) is 18.2 Å². The van der Waals surface area contributed by atoms with E-state index in [0.29, 0.717) is 30.4 Å². The highest BCUT2D eigenvalue weighted by molar-refractivity contribution is 5.47.